The molecule has 0 fully saturated rings. The van der Waals surface area contributed by atoms with E-state index in [0.717, 1.165) is 88.0 Å². The maximum absolute atomic E-state index is 6.74. The maximum Gasteiger partial charge on any atom is 0.0944 e. The average Bonchev–Trinajstić information content (AvgIpc) is 3.99. The van der Waals surface area contributed by atoms with E-state index in [1.54, 1.807) is 6.08 Å². The summed E-state index contributed by atoms with van der Waals surface area (Å²) in [5.74, 6) is 0.346. The highest BCUT2D eigenvalue weighted by molar-refractivity contribution is 6.18. The van der Waals surface area contributed by atoms with Crippen LogP contribution in [0.15, 0.2) is 296 Å². The van der Waals surface area contributed by atoms with Crippen LogP contribution >= 0.6 is 0 Å². The Bertz CT molecular complexity index is 4140. The van der Waals surface area contributed by atoms with Gasteiger partial charge in [-0.25, -0.2) is 4.99 Å². The van der Waals surface area contributed by atoms with Crippen LogP contribution in [-0.4, -0.2) is 10.3 Å². The monoisotopic (exact) mass is 1050 g/mol. The first-order chi connectivity index (χ1) is 39.9. The van der Waals surface area contributed by atoms with Crippen molar-refractivity contribution in [1.82, 2.24) is 4.57 Å². The van der Waals surface area contributed by atoms with Crippen molar-refractivity contribution in [2.45, 2.75) is 44.9 Å². The Hall–Kier alpha value is -9.97. The smallest absolute Gasteiger partial charge is 0.0944 e. The van der Waals surface area contributed by atoms with Gasteiger partial charge in [-0.2, -0.15) is 0 Å². The number of nitrogen functional groups attached to an aromatic ring is 2. The number of nitrogens with zero attached hydrogens (tertiary/aromatic N) is 2. The molecule has 0 spiro atoms. The predicted molar refractivity (Wildman–Crippen MR) is 349 cm³/mol. The van der Waals surface area contributed by atoms with Crippen molar-refractivity contribution in [2.24, 2.45) is 4.99 Å². The van der Waals surface area contributed by atoms with Crippen molar-refractivity contribution in [3.63, 3.8) is 0 Å². The molecular weight excluding hydrogens is 983 g/mol. The van der Waals surface area contributed by atoms with E-state index in [9.17, 15) is 0 Å². The first-order valence-electron chi connectivity index (χ1n) is 28.1. The molecule has 0 bridgehead atoms. The molecule has 5 nitrogen and oxygen atoms in total. The predicted octanol–water partition coefficient (Wildman–Crippen LogP) is 20.4. The highest BCUT2D eigenvalue weighted by atomic mass is 15.0. The lowest BCUT2D eigenvalue weighted by Crippen LogP contribution is -2.08. The molecule has 1 atom stereocenters. The number of aliphatic imine (C=N–C) groups is 1. The SMILES string of the molecule is C=C/C=C\C.Nc1ccc2ccccc2c1N=C(C1=CCCC=C1)c1cccc(-n2c3ccc(C4=CCCC(c5cc(-c6ccccc6)ccc5Nc5ccccc5)C4)cc3c3cc(-c4ccccc4)ccc32)c1.Nc1ccccc1. The Morgan fingerprint density at radius 2 is 1.21 bits per heavy atom. The van der Waals surface area contributed by atoms with Crippen LogP contribution in [0.5, 0.6) is 0 Å². The Kier molecular flexibility index (Phi) is 16.5. The molecule has 1 aromatic heterocycles. The number of fused-ring (bicyclic) bond motifs is 4. The highest BCUT2D eigenvalue weighted by Gasteiger charge is 2.24. The lowest BCUT2D eigenvalue weighted by Gasteiger charge is -2.27. The molecule has 13 rings (SSSR count). The van der Waals surface area contributed by atoms with Gasteiger partial charge in [0.25, 0.3) is 0 Å². The molecule has 5 heteroatoms. The molecule has 11 aromatic rings. The van der Waals surface area contributed by atoms with E-state index >= 15 is 0 Å². The minimum absolute atomic E-state index is 0.346. The van der Waals surface area contributed by atoms with E-state index in [1.807, 2.05) is 55.5 Å². The van der Waals surface area contributed by atoms with Gasteiger partial charge < -0.3 is 21.4 Å². The molecule has 0 amide bonds. The van der Waals surface area contributed by atoms with Crippen LogP contribution in [0.2, 0.25) is 0 Å². The van der Waals surface area contributed by atoms with Crippen LogP contribution in [-0.2, 0) is 0 Å². The fourth-order valence-electron chi connectivity index (χ4n) is 11.2. The molecule has 0 aliphatic heterocycles. The molecular formula is C76H67N5. The summed E-state index contributed by atoms with van der Waals surface area (Å²) in [4.78, 5) is 5.46. The normalized spacial score (nSPS) is 14.1. The summed E-state index contributed by atoms with van der Waals surface area (Å²) >= 11 is 0. The molecule has 0 radical (unpaired) electrons. The van der Waals surface area contributed by atoms with Gasteiger partial charge >= 0.3 is 0 Å². The van der Waals surface area contributed by atoms with Gasteiger partial charge in [0.15, 0.2) is 0 Å². The number of hydrogen-bond acceptors (Lipinski definition) is 4. The molecule has 0 saturated carbocycles. The molecule has 10 aromatic carbocycles. The van der Waals surface area contributed by atoms with Gasteiger partial charge in [0.1, 0.15) is 0 Å². The average molecular weight is 1050 g/mol. The number of nitrogens with two attached hydrogens (primary N) is 2. The molecule has 81 heavy (non-hydrogen) atoms. The summed E-state index contributed by atoms with van der Waals surface area (Å²) in [6.45, 7) is 5.42. The third-order valence-corrected chi connectivity index (χ3v) is 15.2. The van der Waals surface area contributed by atoms with E-state index in [1.165, 1.54) is 60.9 Å². The molecule has 2 aliphatic rings. The van der Waals surface area contributed by atoms with Crippen LogP contribution in [0, 0.1) is 0 Å². The maximum atomic E-state index is 6.74. The Labute approximate surface area is 477 Å². The zero-order valence-corrected chi connectivity index (χ0v) is 45.9. The van der Waals surface area contributed by atoms with Gasteiger partial charge in [-0.15, -0.1) is 0 Å². The summed E-state index contributed by atoms with van der Waals surface area (Å²) in [7, 11) is 0. The van der Waals surface area contributed by atoms with Gasteiger partial charge in [-0.05, 0) is 174 Å². The Morgan fingerprint density at radius 1 is 0.568 bits per heavy atom. The van der Waals surface area contributed by atoms with Crippen molar-refractivity contribution >= 4 is 72.3 Å². The second-order valence-corrected chi connectivity index (χ2v) is 20.6. The second kappa shape index (κ2) is 25.2. The van der Waals surface area contributed by atoms with Gasteiger partial charge in [-0.3, -0.25) is 0 Å². The molecule has 396 valence electrons. The number of rotatable bonds is 11. The van der Waals surface area contributed by atoms with Crippen molar-refractivity contribution in [3.8, 4) is 27.9 Å². The fourth-order valence-corrected chi connectivity index (χ4v) is 11.2. The standard InChI is InChI=1S/C65H52N4.C6H7N.C5H8/c66-60-35-31-46-21-13-14-30-56(46)65(60)68-64(47-22-9-3-10-23-47)53-26-16-29-55(40-53)69-62-37-33-50(45-19-7-2-8-20-45)42-58(62)59-43-51(34-38-63(59)69)48-24-15-25-52(39-48)57-41-49(44-17-5-1-6-18-44)32-36-61(57)67-54-27-11-4-12-28-54;7-6-4-2-1-3-5-6;1-3-5-4-2/h1-2,4-9,11-14,16-24,26-38,40-43,52,67H,3,10,15,25,39,66H2;1-5H,7H2;3-5H,1H2,2H3/b;;5-4-. The van der Waals surface area contributed by atoms with Gasteiger partial charge in [0.2, 0.25) is 0 Å². The van der Waals surface area contributed by atoms with E-state index in [2.05, 4.69) is 241 Å². The van der Waals surface area contributed by atoms with Crippen LogP contribution < -0.4 is 16.8 Å². The summed E-state index contributed by atoms with van der Waals surface area (Å²) < 4.78 is 2.44. The molecule has 1 unspecified atom stereocenters. The number of aromatic nitrogens is 1. The number of hydrogen-bond donors (Lipinski definition) is 3. The van der Waals surface area contributed by atoms with Gasteiger partial charge in [0.05, 0.1) is 28.1 Å². The minimum Gasteiger partial charge on any atom is -0.399 e. The zero-order valence-electron chi connectivity index (χ0n) is 45.9. The first-order valence-corrected chi connectivity index (χ1v) is 28.1. The minimum atomic E-state index is 0.346. The summed E-state index contributed by atoms with van der Waals surface area (Å²) in [6.07, 6.45) is 19.9. The third-order valence-electron chi connectivity index (χ3n) is 15.2. The molecule has 5 N–H and O–H groups in total. The van der Waals surface area contributed by atoms with Crippen molar-refractivity contribution in [2.75, 3.05) is 16.8 Å². The zero-order chi connectivity index (χ0) is 55.3. The lowest BCUT2D eigenvalue weighted by molar-refractivity contribution is 0.629. The highest BCUT2D eigenvalue weighted by Crippen LogP contribution is 2.44. The van der Waals surface area contributed by atoms with Crippen LogP contribution in [0.25, 0.3) is 66.1 Å². The summed E-state index contributed by atoms with van der Waals surface area (Å²) in [6, 6.07) is 83.9. The Morgan fingerprint density at radius 3 is 1.86 bits per heavy atom. The fraction of sp³-hybridized carbons (Fsp3) is 0.0921. The summed E-state index contributed by atoms with van der Waals surface area (Å²) in [5, 5.41) is 8.42. The Balaban J connectivity index is 0.000000517. The van der Waals surface area contributed by atoms with Crippen molar-refractivity contribution < 1.29 is 0 Å². The van der Waals surface area contributed by atoms with E-state index in [-0.39, 0.29) is 0 Å². The van der Waals surface area contributed by atoms with Crippen LogP contribution in [0.3, 0.4) is 0 Å². The number of benzene rings is 10. The van der Waals surface area contributed by atoms with Crippen LogP contribution in [0.4, 0.5) is 28.4 Å². The molecule has 2 aliphatic carbocycles. The molecule has 1 heterocycles. The van der Waals surface area contributed by atoms with Crippen molar-refractivity contribution in [1.29, 1.82) is 0 Å². The van der Waals surface area contributed by atoms with Crippen molar-refractivity contribution in [3.05, 3.63) is 308 Å². The lowest BCUT2D eigenvalue weighted by atomic mass is 9.80. The quantitative estimate of drug-likeness (QED) is 0.0686. The van der Waals surface area contributed by atoms with Crippen LogP contribution in [0.1, 0.15) is 61.6 Å². The number of anilines is 4. The number of para-hydroxylation sites is 2. The third kappa shape index (κ3) is 12.2. The number of allylic oxidation sites excluding steroid dienone is 9. The molecule has 0 saturated heterocycles. The van der Waals surface area contributed by atoms with E-state index in [4.69, 9.17) is 16.5 Å². The van der Waals surface area contributed by atoms with E-state index < -0.39 is 0 Å². The second-order valence-electron chi connectivity index (χ2n) is 20.6. The number of nitrogens with one attached hydrogen (secondary N) is 1. The topological polar surface area (TPSA) is 81.4 Å². The van der Waals surface area contributed by atoms with Gasteiger partial charge in [0, 0.05) is 44.5 Å². The van der Waals surface area contributed by atoms with E-state index in [0.29, 0.717) is 11.6 Å². The largest absolute Gasteiger partial charge is 0.399 e. The first kappa shape index (κ1) is 53.1. The van der Waals surface area contributed by atoms with Gasteiger partial charge in [-0.1, -0.05) is 207 Å². The summed E-state index contributed by atoms with van der Waals surface area (Å²) in [5.41, 5.74) is 32.1.